The van der Waals surface area contributed by atoms with E-state index in [9.17, 15) is 29.4 Å². The van der Waals surface area contributed by atoms with Crippen molar-refractivity contribution in [3.63, 3.8) is 0 Å². The number of benzene rings is 2. The van der Waals surface area contributed by atoms with Crippen LogP contribution in [0.5, 0.6) is 0 Å². The highest BCUT2D eigenvalue weighted by atomic mass is 19.1. The van der Waals surface area contributed by atoms with Crippen LogP contribution < -0.4 is 5.32 Å². The zero-order chi connectivity index (χ0) is 18.1. The van der Waals surface area contributed by atoms with E-state index in [1.807, 2.05) is 0 Å². The molecule has 0 aliphatic carbocycles. The van der Waals surface area contributed by atoms with E-state index in [1.54, 1.807) is 0 Å². The number of aromatic nitrogens is 2. The molecule has 0 bridgehead atoms. The molecule has 11 heteroatoms. The number of rotatable bonds is 3. The van der Waals surface area contributed by atoms with Gasteiger partial charge < -0.3 is 5.32 Å². The van der Waals surface area contributed by atoms with Crippen molar-refractivity contribution in [2.24, 2.45) is 0 Å². The van der Waals surface area contributed by atoms with E-state index in [1.165, 1.54) is 18.2 Å². The molecule has 0 atom stereocenters. The van der Waals surface area contributed by atoms with Crippen LogP contribution in [0.1, 0.15) is 0 Å². The molecule has 1 aromatic heterocycles. The molecule has 0 fully saturated rings. The maximum atomic E-state index is 13.3. The predicted octanol–water partition coefficient (Wildman–Crippen LogP) is 3.07. The second-order valence-corrected chi connectivity index (χ2v) is 4.90. The Labute approximate surface area is 137 Å². The molecule has 2 aromatic carbocycles. The molecule has 0 aliphatic rings. The molecule has 1 heterocycles. The van der Waals surface area contributed by atoms with Crippen LogP contribution in [0.25, 0.3) is 11.0 Å². The number of carbonyl (C=O) groups excluding carboxylic acids is 1. The van der Waals surface area contributed by atoms with Crippen LogP contribution in [0.4, 0.5) is 26.2 Å². The van der Waals surface area contributed by atoms with E-state index >= 15 is 0 Å². The number of fused-ring (bicyclic) bond motifs is 1. The zero-order valence-corrected chi connectivity index (χ0v) is 12.2. The van der Waals surface area contributed by atoms with Gasteiger partial charge in [0, 0.05) is 23.9 Å². The van der Waals surface area contributed by atoms with Crippen molar-refractivity contribution in [2.45, 2.75) is 0 Å². The van der Waals surface area contributed by atoms with E-state index in [0.29, 0.717) is 5.52 Å². The van der Waals surface area contributed by atoms with Crippen molar-refractivity contribution < 1.29 is 19.0 Å². The van der Waals surface area contributed by atoms with Gasteiger partial charge in [0.25, 0.3) is 5.69 Å². The van der Waals surface area contributed by atoms with Gasteiger partial charge in [0.2, 0.25) is 5.82 Å². The fourth-order valence-electron chi connectivity index (χ4n) is 2.19. The lowest BCUT2D eigenvalue weighted by atomic mass is 10.2. The van der Waals surface area contributed by atoms with Crippen molar-refractivity contribution >= 4 is 34.1 Å². The van der Waals surface area contributed by atoms with E-state index in [-0.39, 0.29) is 16.9 Å². The summed E-state index contributed by atoms with van der Waals surface area (Å²) in [5.74, 6) is -1.04. The van der Waals surface area contributed by atoms with Crippen LogP contribution in [-0.2, 0) is 0 Å². The van der Waals surface area contributed by atoms with E-state index in [0.717, 1.165) is 29.1 Å². The van der Waals surface area contributed by atoms with Crippen LogP contribution in [0, 0.1) is 26.0 Å². The number of imidazole rings is 1. The maximum absolute atomic E-state index is 13.3. The minimum absolute atomic E-state index is 0.00891. The lowest BCUT2D eigenvalue weighted by Crippen LogP contribution is -2.18. The third-order valence-electron chi connectivity index (χ3n) is 3.35. The average Bonchev–Trinajstić information content (AvgIpc) is 2.99. The number of hydrogen-bond donors (Lipinski definition) is 1. The van der Waals surface area contributed by atoms with Gasteiger partial charge >= 0.3 is 11.7 Å². The van der Waals surface area contributed by atoms with Gasteiger partial charge in [0.15, 0.2) is 0 Å². The number of non-ortho nitro benzene ring substituents is 1. The monoisotopic (exact) mass is 345 g/mol. The smallest absolute Gasteiger partial charge is 0.307 e. The summed E-state index contributed by atoms with van der Waals surface area (Å²) in [4.78, 5) is 36.3. The molecule has 0 spiro atoms. The Hall–Kier alpha value is -3.89. The standard InChI is InChI=1S/C14H8FN5O5/c15-10-3-1-8(5-12(10)20(24)25)17-14(21)18-7-16-11-4-2-9(19(22)23)6-13(11)18/h1-7H,(H,17,21). The summed E-state index contributed by atoms with van der Waals surface area (Å²) < 4.78 is 14.3. The third kappa shape index (κ3) is 2.97. The van der Waals surface area contributed by atoms with Crippen LogP contribution in [0.3, 0.4) is 0 Å². The minimum atomic E-state index is -1.04. The fraction of sp³-hybridized carbons (Fsp3) is 0. The number of anilines is 1. The molecule has 25 heavy (non-hydrogen) atoms. The van der Waals surface area contributed by atoms with Gasteiger partial charge in [-0.1, -0.05) is 0 Å². The summed E-state index contributed by atoms with van der Waals surface area (Å²) in [5.41, 5.74) is -0.483. The number of nitrogens with one attached hydrogen (secondary N) is 1. The normalized spacial score (nSPS) is 10.6. The molecule has 0 saturated carbocycles. The van der Waals surface area contributed by atoms with Crippen LogP contribution in [0.15, 0.2) is 42.7 Å². The molecule has 1 N–H and O–H groups in total. The first-order valence-electron chi connectivity index (χ1n) is 6.73. The summed E-state index contributed by atoms with van der Waals surface area (Å²) in [5, 5.41) is 23.9. The molecule has 3 aromatic rings. The minimum Gasteiger partial charge on any atom is -0.307 e. The predicted molar refractivity (Wildman–Crippen MR) is 83.9 cm³/mol. The first-order chi connectivity index (χ1) is 11.9. The van der Waals surface area contributed by atoms with Crippen LogP contribution in [-0.4, -0.2) is 25.4 Å². The second kappa shape index (κ2) is 5.96. The number of amides is 1. The van der Waals surface area contributed by atoms with Gasteiger partial charge in [-0.2, -0.15) is 4.39 Å². The quantitative estimate of drug-likeness (QED) is 0.573. The Balaban J connectivity index is 1.95. The Morgan fingerprint density at radius 3 is 2.56 bits per heavy atom. The summed E-state index contributed by atoms with van der Waals surface area (Å²) in [7, 11) is 0. The van der Waals surface area contributed by atoms with Crippen molar-refractivity contribution in [3.05, 3.63) is 68.8 Å². The summed E-state index contributed by atoms with van der Waals surface area (Å²) >= 11 is 0. The van der Waals surface area contributed by atoms with Gasteiger partial charge in [0.1, 0.15) is 6.33 Å². The van der Waals surface area contributed by atoms with E-state index in [2.05, 4.69) is 10.3 Å². The highest BCUT2D eigenvalue weighted by Gasteiger charge is 2.17. The van der Waals surface area contributed by atoms with Gasteiger partial charge in [-0.25, -0.2) is 9.78 Å². The lowest BCUT2D eigenvalue weighted by Gasteiger charge is -2.06. The maximum Gasteiger partial charge on any atom is 0.331 e. The molecule has 0 unspecified atom stereocenters. The molecule has 10 nitrogen and oxygen atoms in total. The number of nitro benzene ring substituents is 2. The number of nitro groups is 2. The van der Waals surface area contributed by atoms with E-state index in [4.69, 9.17) is 0 Å². The Bertz CT molecular complexity index is 1030. The highest BCUT2D eigenvalue weighted by molar-refractivity contribution is 5.97. The lowest BCUT2D eigenvalue weighted by molar-refractivity contribution is -0.387. The molecule has 0 radical (unpaired) electrons. The van der Waals surface area contributed by atoms with Gasteiger partial charge in [-0.3, -0.25) is 24.8 Å². The third-order valence-corrected chi connectivity index (χ3v) is 3.35. The Kier molecular flexibility index (Phi) is 3.81. The molecule has 3 rings (SSSR count). The fourth-order valence-corrected chi connectivity index (χ4v) is 2.19. The summed E-state index contributed by atoms with van der Waals surface area (Å²) in [6, 6.07) is 5.93. The molecule has 126 valence electrons. The number of carbonyl (C=O) groups is 1. The molecule has 1 amide bonds. The first-order valence-corrected chi connectivity index (χ1v) is 6.73. The molecule has 0 saturated heterocycles. The first kappa shape index (κ1) is 16.0. The topological polar surface area (TPSA) is 133 Å². The van der Waals surface area contributed by atoms with Gasteiger partial charge in [0.05, 0.1) is 20.9 Å². The number of nitrogens with zero attached hydrogens (tertiary/aromatic N) is 4. The highest BCUT2D eigenvalue weighted by Crippen LogP contribution is 2.23. The van der Waals surface area contributed by atoms with E-state index < -0.39 is 27.4 Å². The van der Waals surface area contributed by atoms with Crippen LogP contribution >= 0.6 is 0 Å². The van der Waals surface area contributed by atoms with Gasteiger partial charge in [-0.05, 0) is 18.2 Å². The number of halogens is 1. The molecular formula is C14H8FN5O5. The average molecular weight is 345 g/mol. The largest absolute Gasteiger partial charge is 0.331 e. The summed E-state index contributed by atoms with van der Waals surface area (Å²) in [6.07, 6.45) is 1.15. The zero-order valence-electron chi connectivity index (χ0n) is 12.2. The second-order valence-electron chi connectivity index (χ2n) is 4.90. The molecule has 0 aliphatic heterocycles. The Morgan fingerprint density at radius 1 is 1.12 bits per heavy atom. The van der Waals surface area contributed by atoms with Crippen molar-refractivity contribution in [1.29, 1.82) is 0 Å². The van der Waals surface area contributed by atoms with Crippen molar-refractivity contribution in [2.75, 3.05) is 5.32 Å². The van der Waals surface area contributed by atoms with Crippen LogP contribution in [0.2, 0.25) is 0 Å². The van der Waals surface area contributed by atoms with Gasteiger partial charge in [-0.15, -0.1) is 0 Å². The molecular weight excluding hydrogens is 337 g/mol. The van der Waals surface area contributed by atoms with Crippen molar-refractivity contribution in [3.8, 4) is 0 Å². The number of hydrogen-bond acceptors (Lipinski definition) is 6. The Morgan fingerprint density at radius 2 is 1.88 bits per heavy atom. The summed E-state index contributed by atoms with van der Waals surface area (Å²) in [6.45, 7) is 0. The van der Waals surface area contributed by atoms with Crippen molar-refractivity contribution in [1.82, 2.24) is 9.55 Å². The SMILES string of the molecule is O=C(Nc1ccc(F)c([N+](=O)[O-])c1)n1cnc2ccc([N+](=O)[O-])cc21.